The summed E-state index contributed by atoms with van der Waals surface area (Å²) in [6.07, 6.45) is 8.67. The molecule has 2 rings (SSSR count). The van der Waals surface area contributed by atoms with Crippen LogP contribution in [-0.2, 0) is 0 Å². The van der Waals surface area contributed by atoms with Gasteiger partial charge in [-0.25, -0.2) is 4.98 Å². The molecular weight excluding hydrogens is 234 g/mol. The van der Waals surface area contributed by atoms with E-state index in [0.29, 0.717) is 11.8 Å². The van der Waals surface area contributed by atoms with Gasteiger partial charge in [-0.1, -0.05) is 12.8 Å². The number of hydrogen-bond donors (Lipinski definition) is 1. The maximum Gasteiger partial charge on any atom is 0.147 e. The van der Waals surface area contributed by atoms with Gasteiger partial charge in [-0.2, -0.15) is 0 Å². The predicted octanol–water partition coefficient (Wildman–Crippen LogP) is 3.24. The van der Waals surface area contributed by atoms with Gasteiger partial charge in [0.2, 0.25) is 0 Å². The highest BCUT2D eigenvalue weighted by Gasteiger charge is 2.24. The van der Waals surface area contributed by atoms with E-state index in [4.69, 9.17) is 11.6 Å². The first-order valence-electron chi connectivity index (χ1n) is 6.38. The van der Waals surface area contributed by atoms with Gasteiger partial charge < -0.3 is 5.32 Å². The monoisotopic (exact) mass is 253 g/mol. The molecule has 2 unspecified atom stereocenters. The van der Waals surface area contributed by atoms with Crippen LogP contribution < -0.4 is 5.32 Å². The molecule has 0 bridgehead atoms. The van der Waals surface area contributed by atoms with Crippen molar-refractivity contribution in [2.75, 3.05) is 17.7 Å². The molecule has 1 aromatic heterocycles. The van der Waals surface area contributed by atoms with Crippen LogP contribution in [0.2, 0.25) is 0 Å². The molecule has 17 heavy (non-hydrogen) atoms. The molecule has 1 N–H and O–H groups in total. The zero-order valence-corrected chi connectivity index (χ0v) is 11.1. The summed E-state index contributed by atoms with van der Waals surface area (Å²) in [7, 11) is 0. The van der Waals surface area contributed by atoms with Crippen molar-refractivity contribution in [1.82, 2.24) is 9.97 Å². The number of aromatic nitrogens is 2. The Kier molecular flexibility index (Phi) is 4.60. The average Bonchev–Trinajstić information content (AvgIpc) is 2.38. The minimum absolute atomic E-state index is 0.662. The molecule has 1 aliphatic rings. The molecule has 3 nitrogen and oxygen atoms in total. The maximum atomic E-state index is 6.03. The first-order valence-corrected chi connectivity index (χ1v) is 6.92. The van der Waals surface area contributed by atoms with Crippen LogP contribution in [0, 0.1) is 18.8 Å². The van der Waals surface area contributed by atoms with Crippen molar-refractivity contribution in [3.05, 3.63) is 18.1 Å². The van der Waals surface area contributed by atoms with Gasteiger partial charge in [0.1, 0.15) is 5.82 Å². The Morgan fingerprint density at radius 1 is 1.24 bits per heavy atom. The topological polar surface area (TPSA) is 37.8 Å². The number of nitrogens with one attached hydrogen (secondary N) is 1. The molecule has 0 spiro atoms. The molecule has 94 valence electrons. The van der Waals surface area contributed by atoms with Crippen LogP contribution in [0.5, 0.6) is 0 Å². The molecule has 0 amide bonds. The fourth-order valence-corrected chi connectivity index (χ4v) is 2.97. The summed E-state index contributed by atoms with van der Waals surface area (Å²) >= 11 is 6.03. The molecule has 0 aliphatic heterocycles. The molecule has 1 aliphatic carbocycles. The van der Waals surface area contributed by atoms with E-state index in [9.17, 15) is 0 Å². The lowest BCUT2D eigenvalue weighted by molar-refractivity contribution is 0.272. The molecule has 1 aromatic rings. The number of aryl methyl sites for hydroxylation is 1. The van der Waals surface area contributed by atoms with Crippen LogP contribution in [0.1, 0.15) is 31.4 Å². The van der Waals surface area contributed by atoms with Crippen molar-refractivity contribution in [2.24, 2.45) is 11.8 Å². The fraction of sp³-hybridized carbons (Fsp3) is 0.692. The predicted molar refractivity (Wildman–Crippen MR) is 71.4 cm³/mol. The Balaban J connectivity index is 1.90. The van der Waals surface area contributed by atoms with Crippen molar-refractivity contribution in [3.63, 3.8) is 0 Å². The lowest BCUT2D eigenvalue weighted by atomic mass is 9.80. The van der Waals surface area contributed by atoms with Gasteiger partial charge in [0.25, 0.3) is 0 Å². The van der Waals surface area contributed by atoms with Gasteiger partial charge in [0.05, 0.1) is 5.69 Å². The summed E-state index contributed by atoms with van der Waals surface area (Å²) in [6.45, 7) is 2.95. The summed E-state index contributed by atoms with van der Waals surface area (Å²) in [5, 5.41) is 3.41. The van der Waals surface area contributed by atoms with E-state index in [1.54, 1.807) is 12.4 Å². The number of rotatable bonds is 4. The highest BCUT2D eigenvalue weighted by molar-refractivity contribution is 6.18. The zero-order chi connectivity index (χ0) is 12.1. The molecule has 0 aromatic carbocycles. The Labute approximate surface area is 108 Å². The molecule has 1 heterocycles. The van der Waals surface area contributed by atoms with Crippen molar-refractivity contribution in [3.8, 4) is 0 Å². The molecule has 1 fully saturated rings. The van der Waals surface area contributed by atoms with Gasteiger partial charge in [-0.15, -0.1) is 11.6 Å². The normalized spacial score (nSPS) is 24.6. The highest BCUT2D eigenvalue weighted by Crippen LogP contribution is 2.31. The van der Waals surface area contributed by atoms with E-state index in [1.165, 1.54) is 25.7 Å². The van der Waals surface area contributed by atoms with Crippen LogP contribution in [-0.4, -0.2) is 22.4 Å². The Bertz CT molecular complexity index is 356. The third-order valence-electron chi connectivity index (χ3n) is 3.68. The quantitative estimate of drug-likeness (QED) is 0.838. The Hall–Kier alpha value is -0.830. The minimum atomic E-state index is 0.662. The molecule has 0 saturated heterocycles. The third kappa shape index (κ3) is 3.32. The third-order valence-corrected chi connectivity index (χ3v) is 4.07. The van der Waals surface area contributed by atoms with Gasteiger partial charge in [0.15, 0.2) is 0 Å². The number of hydrogen-bond acceptors (Lipinski definition) is 3. The van der Waals surface area contributed by atoms with Crippen molar-refractivity contribution >= 4 is 17.4 Å². The lowest BCUT2D eigenvalue weighted by Gasteiger charge is -2.30. The standard InChI is InChI=1S/C13H20ClN3/c1-10-13(16-7-6-15-10)17-9-12-5-3-2-4-11(12)8-14/h6-7,11-12H,2-5,8-9H2,1H3,(H,16,17). The lowest BCUT2D eigenvalue weighted by Crippen LogP contribution is -2.27. The van der Waals surface area contributed by atoms with Crippen molar-refractivity contribution in [2.45, 2.75) is 32.6 Å². The molecule has 2 atom stereocenters. The van der Waals surface area contributed by atoms with Gasteiger partial charge in [-0.05, 0) is 31.6 Å². The number of halogens is 1. The van der Waals surface area contributed by atoms with E-state index in [0.717, 1.165) is 23.9 Å². The first kappa shape index (κ1) is 12.6. The molecule has 0 radical (unpaired) electrons. The largest absolute Gasteiger partial charge is 0.368 e. The van der Waals surface area contributed by atoms with Gasteiger partial charge in [0, 0.05) is 24.8 Å². The van der Waals surface area contributed by atoms with E-state index in [-0.39, 0.29) is 0 Å². The zero-order valence-electron chi connectivity index (χ0n) is 10.3. The second-order valence-electron chi connectivity index (χ2n) is 4.83. The van der Waals surface area contributed by atoms with Crippen LogP contribution in [0.25, 0.3) is 0 Å². The van der Waals surface area contributed by atoms with Crippen LogP contribution in [0.4, 0.5) is 5.82 Å². The SMILES string of the molecule is Cc1nccnc1NCC1CCCCC1CCl. The summed E-state index contributed by atoms with van der Waals surface area (Å²) in [5.41, 5.74) is 0.964. The van der Waals surface area contributed by atoms with Crippen LogP contribution in [0.15, 0.2) is 12.4 Å². The van der Waals surface area contributed by atoms with Gasteiger partial charge in [-0.3, -0.25) is 4.98 Å². The second-order valence-corrected chi connectivity index (χ2v) is 5.14. The summed E-state index contributed by atoms with van der Waals surface area (Å²) in [4.78, 5) is 8.54. The molecular formula is C13H20ClN3. The number of anilines is 1. The number of alkyl halides is 1. The molecule has 4 heteroatoms. The van der Waals surface area contributed by atoms with Crippen molar-refractivity contribution in [1.29, 1.82) is 0 Å². The number of nitrogens with zero attached hydrogens (tertiary/aromatic N) is 2. The Morgan fingerprint density at radius 2 is 1.94 bits per heavy atom. The first-order chi connectivity index (χ1) is 8.31. The van der Waals surface area contributed by atoms with Crippen LogP contribution in [0.3, 0.4) is 0 Å². The second kappa shape index (κ2) is 6.20. The summed E-state index contributed by atoms with van der Waals surface area (Å²) < 4.78 is 0. The molecule has 1 saturated carbocycles. The smallest absolute Gasteiger partial charge is 0.147 e. The minimum Gasteiger partial charge on any atom is -0.368 e. The summed E-state index contributed by atoms with van der Waals surface area (Å²) in [5.74, 6) is 3.04. The van der Waals surface area contributed by atoms with Crippen LogP contribution >= 0.6 is 11.6 Å². The van der Waals surface area contributed by atoms with E-state index >= 15 is 0 Å². The Morgan fingerprint density at radius 3 is 2.65 bits per heavy atom. The van der Waals surface area contributed by atoms with Crippen molar-refractivity contribution < 1.29 is 0 Å². The maximum absolute atomic E-state index is 6.03. The van der Waals surface area contributed by atoms with E-state index in [2.05, 4.69) is 15.3 Å². The highest BCUT2D eigenvalue weighted by atomic mass is 35.5. The average molecular weight is 254 g/mol. The van der Waals surface area contributed by atoms with E-state index in [1.807, 2.05) is 6.92 Å². The van der Waals surface area contributed by atoms with Gasteiger partial charge >= 0.3 is 0 Å². The fourth-order valence-electron chi connectivity index (χ4n) is 2.57. The van der Waals surface area contributed by atoms with E-state index < -0.39 is 0 Å². The summed E-state index contributed by atoms with van der Waals surface area (Å²) in [6, 6.07) is 0.